The highest BCUT2D eigenvalue weighted by Crippen LogP contribution is 2.17. The van der Waals surface area contributed by atoms with Crippen molar-refractivity contribution in [1.29, 1.82) is 0 Å². The van der Waals surface area contributed by atoms with E-state index in [1.54, 1.807) is 0 Å². The summed E-state index contributed by atoms with van der Waals surface area (Å²) in [5, 5.41) is 6.22. The van der Waals surface area contributed by atoms with Crippen molar-refractivity contribution in [2.24, 2.45) is 0 Å². The Morgan fingerprint density at radius 3 is 0.617 bits per heavy atom. The minimum absolute atomic E-state index is 0.179. The fourth-order valence-electron chi connectivity index (χ4n) is 8.44. The lowest BCUT2D eigenvalue weighted by atomic mass is 10.0. The summed E-state index contributed by atoms with van der Waals surface area (Å²) in [4.78, 5) is 28.1. The molecule has 6 heteroatoms. The summed E-state index contributed by atoms with van der Waals surface area (Å²) in [5.74, 6) is 0.421. The molecule has 0 fully saturated rings. The van der Waals surface area contributed by atoms with Gasteiger partial charge in [-0.25, -0.2) is 0 Å². The number of nitrogens with zero attached hydrogens (tertiary/aromatic N) is 2. The number of amides is 2. The van der Waals surface area contributed by atoms with Crippen molar-refractivity contribution in [2.75, 3.05) is 28.2 Å². The quantitative estimate of drug-likeness (QED) is 0.0473. The van der Waals surface area contributed by atoms with E-state index in [9.17, 15) is 9.59 Å². The molecule has 0 rings (SSSR count). The first kappa shape index (κ1) is 60.9. The number of unbranched alkanes of at least 4 members (excludes halogenated alkanes) is 36. The molecular formula is C54H112N4O2. The summed E-state index contributed by atoms with van der Waals surface area (Å²) in [6, 6.07) is 0. The van der Waals surface area contributed by atoms with E-state index >= 15 is 0 Å². The molecule has 0 radical (unpaired) electrons. The van der Waals surface area contributed by atoms with Crippen LogP contribution < -0.4 is 10.6 Å². The molecule has 2 N–H and O–H groups in total. The third-order valence-corrected chi connectivity index (χ3v) is 12.7. The number of carbonyl (C=O) groups is 2. The van der Waals surface area contributed by atoms with Crippen LogP contribution in [0.5, 0.6) is 0 Å². The number of hydrogen-bond donors (Lipinski definition) is 2. The smallest absolute Gasteiger partial charge is 0.221 e. The predicted octanol–water partition coefficient (Wildman–Crippen LogP) is 16.4. The van der Waals surface area contributed by atoms with Crippen LogP contribution in [-0.2, 0) is 9.59 Å². The third-order valence-electron chi connectivity index (χ3n) is 12.7. The SMILES string of the molecule is CCCCCCCCCCCCCCCCCCCCCC(=O)NC(CC)N(C)C.CCCCCCCCCCCCCCCCCCCCCC(=O)NC(CC)N(C)C. The number of carbonyl (C=O) groups excluding carboxylic acids is 2. The molecule has 0 aliphatic carbocycles. The molecule has 0 aromatic heterocycles. The molecule has 0 aromatic rings. The Kier molecular flexibility index (Phi) is 51.3. The molecule has 0 aliphatic rings. The summed E-state index contributed by atoms with van der Waals surface area (Å²) >= 11 is 0. The first-order valence-electron chi connectivity index (χ1n) is 27.1. The van der Waals surface area contributed by atoms with Gasteiger partial charge in [0.15, 0.2) is 0 Å². The van der Waals surface area contributed by atoms with Crippen LogP contribution in [0.4, 0.5) is 0 Å². The molecule has 6 nitrogen and oxygen atoms in total. The van der Waals surface area contributed by atoms with Gasteiger partial charge in [-0.05, 0) is 53.9 Å². The lowest BCUT2D eigenvalue weighted by molar-refractivity contribution is -0.123. The Morgan fingerprint density at radius 1 is 0.300 bits per heavy atom. The van der Waals surface area contributed by atoms with Crippen molar-refractivity contribution in [3.63, 3.8) is 0 Å². The summed E-state index contributed by atoms with van der Waals surface area (Å²) in [7, 11) is 8.08. The van der Waals surface area contributed by atoms with Gasteiger partial charge in [-0.2, -0.15) is 0 Å². The Bertz CT molecular complexity index is 782. The van der Waals surface area contributed by atoms with E-state index in [1.165, 1.54) is 231 Å². The van der Waals surface area contributed by atoms with Crippen molar-refractivity contribution < 1.29 is 9.59 Å². The fraction of sp³-hybridized carbons (Fsp3) is 0.963. The maximum absolute atomic E-state index is 12.0. The third kappa shape index (κ3) is 47.9. The molecule has 0 heterocycles. The van der Waals surface area contributed by atoms with Crippen LogP contribution in [-0.4, -0.2) is 62.1 Å². The van der Waals surface area contributed by atoms with Crippen molar-refractivity contribution >= 4 is 11.8 Å². The van der Waals surface area contributed by atoms with Crippen molar-refractivity contribution in [3.8, 4) is 0 Å². The summed E-state index contributed by atoms with van der Waals surface area (Å²) in [5.41, 5.74) is 0. The number of rotatable bonds is 46. The van der Waals surface area contributed by atoms with Gasteiger partial charge in [-0.1, -0.05) is 259 Å². The van der Waals surface area contributed by atoms with Crippen LogP contribution in [0.15, 0.2) is 0 Å². The van der Waals surface area contributed by atoms with Gasteiger partial charge in [-0.3, -0.25) is 19.4 Å². The van der Waals surface area contributed by atoms with Gasteiger partial charge in [0.2, 0.25) is 11.8 Å². The first-order chi connectivity index (χ1) is 29.2. The Balaban J connectivity index is 0. The van der Waals surface area contributed by atoms with Gasteiger partial charge in [0.1, 0.15) is 0 Å². The van der Waals surface area contributed by atoms with Crippen LogP contribution in [0.25, 0.3) is 0 Å². The minimum Gasteiger partial charge on any atom is -0.341 e. The molecule has 0 saturated heterocycles. The molecule has 0 aliphatic heterocycles. The summed E-state index contributed by atoms with van der Waals surface area (Å²) < 4.78 is 0. The van der Waals surface area contributed by atoms with E-state index in [4.69, 9.17) is 0 Å². The lowest BCUT2D eigenvalue weighted by Crippen LogP contribution is -2.44. The molecule has 2 amide bonds. The lowest BCUT2D eigenvalue weighted by Gasteiger charge is -2.23. The van der Waals surface area contributed by atoms with Gasteiger partial charge >= 0.3 is 0 Å². The second-order valence-corrected chi connectivity index (χ2v) is 19.1. The molecule has 0 aromatic carbocycles. The molecular weight excluding hydrogens is 737 g/mol. The molecule has 0 saturated carbocycles. The second kappa shape index (κ2) is 50.5. The van der Waals surface area contributed by atoms with E-state index in [1.807, 2.05) is 28.2 Å². The molecule has 0 bridgehead atoms. The predicted molar refractivity (Wildman–Crippen MR) is 268 cm³/mol. The van der Waals surface area contributed by atoms with E-state index in [2.05, 4.69) is 48.1 Å². The second-order valence-electron chi connectivity index (χ2n) is 19.1. The zero-order valence-electron chi connectivity index (χ0n) is 42.6. The maximum Gasteiger partial charge on any atom is 0.221 e. The fourth-order valence-corrected chi connectivity index (χ4v) is 8.44. The highest BCUT2D eigenvalue weighted by Gasteiger charge is 2.12. The van der Waals surface area contributed by atoms with Gasteiger partial charge in [0, 0.05) is 12.8 Å². The van der Waals surface area contributed by atoms with Gasteiger partial charge in [0.05, 0.1) is 12.3 Å². The van der Waals surface area contributed by atoms with Crippen LogP contribution in [0.3, 0.4) is 0 Å². The van der Waals surface area contributed by atoms with E-state index in [-0.39, 0.29) is 24.1 Å². The normalized spacial score (nSPS) is 12.4. The van der Waals surface area contributed by atoms with Gasteiger partial charge in [-0.15, -0.1) is 0 Å². The van der Waals surface area contributed by atoms with Crippen molar-refractivity contribution in [3.05, 3.63) is 0 Å². The zero-order valence-corrected chi connectivity index (χ0v) is 42.6. The highest BCUT2D eigenvalue weighted by atomic mass is 16.2. The molecule has 2 atom stereocenters. The highest BCUT2D eigenvalue weighted by molar-refractivity contribution is 5.76. The largest absolute Gasteiger partial charge is 0.341 e. The van der Waals surface area contributed by atoms with Gasteiger partial charge in [0.25, 0.3) is 0 Å². The standard InChI is InChI=1S/2C27H56N2O/c2*1-5-7-8-9-10-11-12-13-14-15-16-17-18-19-20-21-22-23-24-25-27(30)28-26(6-2)29(3)4/h2*26H,5-25H2,1-4H3,(H,28,30). The van der Waals surface area contributed by atoms with Crippen LogP contribution in [0.2, 0.25) is 0 Å². The first-order valence-corrected chi connectivity index (χ1v) is 27.1. The topological polar surface area (TPSA) is 64.7 Å². The average molecular weight is 850 g/mol. The van der Waals surface area contributed by atoms with Gasteiger partial charge < -0.3 is 10.6 Å². The Morgan fingerprint density at radius 2 is 0.467 bits per heavy atom. The molecule has 0 spiro atoms. The van der Waals surface area contributed by atoms with E-state index in [0.29, 0.717) is 12.8 Å². The molecule has 2 unspecified atom stereocenters. The average Bonchev–Trinajstić information content (AvgIpc) is 3.23. The minimum atomic E-state index is 0.179. The summed E-state index contributed by atoms with van der Waals surface area (Å²) in [6.45, 7) is 8.81. The zero-order chi connectivity index (χ0) is 44.6. The Hall–Kier alpha value is -1.14. The van der Waals surface area contributed by atoms with E-state index in [0.717, 1.165) is 25.7 Å². The van der Waals surface area contributed by atoms with Crippen LogP contribution >= 0.6 is 0 Å². The van der Waals surface area contributed by atoms with Crippen LogP contribution in [0, 0.1) is 0 Å². The van der Waals surface area contributed by atoms with Crippen molar-refractivity contribution in [2.45, 2.75) is 310 Å². The summed E-state index contributed by atoms with van der Waals surface area (Å²) in [6.07, 6.45) is 56.4. The number of hydrogen-bond acceptors (Lipinski definition) is 4. The maximum atomic E-state index is 12.0. The van der Waals surface area contributed by atoms with Crippen LogP contribution in [0.1, 0.15) is 297 Å². The van der Waals surface area contributed by atoms with Crippen molar-refractivity contribution in [1.82, 2.24) is 20.4 Å². The van der Waals surface area contributed by atoms with E-state index < -0.39 is 0 Å². The molecule has 360 valence electrons. The Labute approximate surface area is 378 Å². The number of nitrogens with one attached hydrogen (secondary N) is 2. The monoisotopic (exact) mass is 849 g/mol. The molecule has 60 heavy (non-hydrogen) atoms.